The number of aromatic nitrogens is 2. The first kappa shape index (κ1) is 19.7. The Morgan fingerprint density at radius 3 is 2.42 bits per heavy atom. The summed E-state index contributed by atoms with van der Waals surface area (Å²) in [6, 6.07) is 2.24. The quantitative estimate of drug-likeness (QED) is 0.524. The fraction of sp³-hybridized carbons (Fsp3) is 0.462. The van der Waals surface area contributed by atoms with Crippen molar-refractivity contribution in [3.63, 3.8) is 0 Å². The SMILES string of the molecule is C#CN/C=C\N(C)P(C)(=O)n1ccnc1.CC.CC. The molecule has 0 saturated carbocycles. The third kappa shape index (κ3) is 6.73. The van der Waals surface area contributed by atoms with Crippen molar-refractivity contribution >= 4 is 7.44 Å². The lowest BCUT2D eigenvalue weighted by Gasteiger charge is -2.23. The zero-order valence-corrected chi connectivity index (χ0v) is 13.6. The highest BCUT2D eigenvalue weighted by Crippen LogP contribution is 2.45. The summed E-state index contributed by atoms with van der Waals surface area (Å²) in [6.45, 7) is 9.65. The van der Waals surface area contributed by atoms with Crippen LogP contribution in [0.3, 0.4) is 0 Å². The van der Waals surface area contributed by atoms with Crippen molar-refractivity contribution in [3.8, 4) is 12.5 Å². The molecule has 0 aliphatic heterocycles. The molecule has 1 unspecified atom stereocenters. The molecule has 0 radical (unpaired) electrons. The van der Waals surface area contributed by atoms with Crippen molar-refractivity contribution in [3.05, 3.63) is 31.1 Å². The predicted octanol–water partition coefficient (Wildman–Crippen LogP) is 3.19. The third-order valence-corrected chi connectivity index (χ3v) is 4.36. The molecule has 19 heavy (non-hydrogen) atoms. The number of nitrogens with zero attached hydrogens (tertiary/aromatic N) is 3. The third-order valence-electron chi connectivity index (χ3n) is 1.96. The fourth-order valence-electron chi connectivity index (χ4n) is 0.951. The average molecular weight is 284 g/mol. The molecule has 0 saturated heterocycles. The summed E-state index contributed by atoms with van der Waals surface area (Å²) in [6.07, 6.45) is 13.0. The van der Waals surface area contributed by atoms with Crippen LogP contribution in [-0.2, 0) is 4.57 Å². The molecule has 1 aromatic heterocycles. The molecule has 5 nitrogen and oxygen atoms in total. The van der Waals surface area contributed by atoms with Crippen LogP contribution in [0.5, 0.6) is 0 Å². The van der Waals surface area contributed by atoms with Gasteiger partial charge in [0.25, 0.3) is 7.44 Å². The van der Waals surface area contributed by atoms with Crippen LogP contribution in [0, 0.1) is 12.5 Å². The van der Waals surface area contributed by atoms with Gasteiger partial charge < -0.3 is 9.99 Å². The lowest BCUT2D eigenvalue weighted by molar-refractivity contribution is 0.526. The maximum atomic E-state index is 12.3. The van der Waals surface area contributed by atoms with Gasteiger partial charge in [-0.1, -0.05) is 34.1 Å². The summed E-state index contributed by atoms with van der Waals surface area (Å²) in [7, 11) is -0.919. The van der Waals surface area contributed by atoms with Crippen LogP contribution in [-0.4, -0.2) is 27.7 Å². The molecule has 1 atom stereocenters. The van der Waals surface area contributed by atoms with Crippen LogP contribution in [0.25, 0.3) is 0 Å². The van der Waals surface area contributed by atoms with E-state index in [1.54, 1.807) is 47.5 Å². The van der Waals surface area contributed by atoms with Gasteiger partial charge in [-0.05, 0) is 0 Å². The maximum Gasteiger partial charge on any atom is 0.264 e. The lowest BCUT2D eigenvalue weighted by Crippen LogP contribution is -2.12. The Balaban J connectivity index is 0. The number of nitrogens with one attached hydrogen (secondary N) is 1. The largest absolute Gasteiger partial charge is 0.321 e. The zero-order chi connectivity index (χ0) is 15.3. The first-order chi connectivity index (χ1) is 9.09. The van der Waals surface area contributed by atoms with E-state index in [2.05, 4.69) is 16.3 Å². The van der Waals surface area contributed by atoms with E-state index in [0.29, 0.717) is 0 Å². The monoisotopic (exact) mass is 284 g/mol. The molecule has 6 heteroatoms. The first-order valence-corrected chi connectivity index (χ1v) is 8.32. The number of imidazole rings is 1. The van der Waals surface area contributed by atoms with Crippen molar-refractivity contribution < 1.29 is 4.57 Å². The van der Waals surface area contributed by atoms with Gasteiger partial charge in [0.15, 0.2) is 0 Å². The highest BCUT2D eigenvalue weighted by Gasteiger charge is 2.20. The number of terminal acetylenes is 1. The summed E-state index contributed by atoms with van der Waals surface area (Å²) < 4.78 is 15.5. The Bertz CT molecular complexity index is 420. The summed E-state index contributed by atoms with van der Waals surface area (Å²) in [5, 5.41) is 2.56. The fourth-order valence-corrected chi connectivity index (χ4v) is 2.15. The molecule has 0 spiro atoms. The number of hydrogen-bond acceptors (Lipinski definition) is 3. The maximum absolute atomic E-state index is 12.3. The van der Waals surface area contributed by atoms with Gasteiger partial charge in [0.1, 0.15) is 6.33 Å². The standard InChI is InChI=1S/C9H13N4OP.2C2H6/c1-4-10-5-7-12(2)15(3,14)13-8-6-11-9-13;2*1-2/h1,5-10H,2-3H3;2*1-2H3/b7-5-;;. The molecule has 108 valence electrons. The highest BCUT2D eigenvalue weighted by molar-refractivity contribution is 7.59. The summed E-state index contributed by atoms with van der Waals surface area (Å²) in [4.78, 5) is 3.86. The van der Waals surface area contributed by atoms with E-state index < -0.39 is 7.44 Å². The van der Waals surface area contributed by atoms with E-state index in [-0.39, 0.29) is 0 Å². The smallest absolute Gasteiger partial charge is 0.264 e. The molecule has 0 fully saturated rings. The molecule has 1 rings (SSSR count). The zero-order valence-electron chi connectivity index (χ0n) is 12.7. The second-order valence-corrected chi connectivity index (χ2v) is 5.72. The molecular weight excluding hydrogens is 259 g/mol. The first-order valence-electron chi connectivity index (χ1n) is 6.26. The van der Waals surface area contributed by atoms with E-state index >= 15 is 0 Å². The second-order valence-electron chi connectivity index (χ2n) is 2.96. The molecule has 1 N–H and O–H groups in total. The van der Waals surface area contributed by atoms with Gasteiger partial charge in [-0.3, -0.25) is 8.90 Å². The predicted molar refractivity (Wildman–Crippen MR) is 82.7 cm³/mol. The Labute approximate surface area is 117 Å². The van der Waals surface area contributed by atoms with Gasteiger partial charge >= 0.3 is 0 Å². The second kappa shape index (κ2) is 11.4. The molecular formula is C13H25N4OP. The molecule has 0 aliphatic carbocycles. The molecule has 0 bridgehead atoms. The molecule has 1 aromatic rings. The topological polar surface area (TPSA) is 50.2 Å². The minimum atomic E-state index is -2.64. The Morgan fingerprint density at radius 2 is 2.00 bits per heavy atom. The van der Waals surface area contributed by atoms with Crippen LogP contribution in [0.2, 0.25) is 0 Å². The van der Waals surface area contributed by atoms with Crippen LogP contribution in [0.15, 0.2) is 31.1 Å². The average Bonchev–Trinajstić information content (AvgIpc) is 2.98. The van der Waals surface area contributed by atoms with Crippen LogP contribution in [0.4, 0.5) is 0 Å². The molecule has 0 aliphatic rings. The Hall–Kier alpha value is -1.66. The number of rotatable bonds is 4. The van der Waals surface area contributed by atoms with E-state index in [0.717, 1.165) is 0 Å². The highest BCUT2D eigenvalue weighted by atomic mass is 31.2. The normalized spacial score (nSPS) is 12.1. The summed E-state index contributed by atoms with van der Waals surface area (Å²) in [5.41, 5.74) is 0. The van der Waals surface area contributed by atoms with Crippen molar-refractivity contribution in [2.75, 3.05) is 13.7 Å². The van der Waals surface area contributed by atoms with Gasteiger partial charge in [-0.15, -0.1) is 0 Å². The molecule has 0 amide bonds. The molecule has 1 heterocycles. The van der Waals surface area contributed by atoms with Crippen LogP contribution in [0.1, 0.15) is 27.7 Å². The Morgan fingerprint density at radius 1 is 1.42 bits per heavy atom. The van der Waals surface area contributed by atoms with Crippen molar-refractivity contribution in [2.45, 2.75) is 27.7 Å². The van der Waals surface area contributed by atoms with Crippen molar-refractivity contribution in [2.24, 2.45) is 0 Å². The van der Waals surface area contributed by atoms with Gasteiger partial charge in [0, 0.05) is 44.6 Å². The number of hydrogen-bond donors (Lipinski definition) is 1. The summed E-state index contributed by atoms with van der Waals surface area (Å²) >= 11 is 0. The minimum Gasteiger partial charge on any atom is -0.321 e. The molecule has 0 aromatic carbocycles. The van der Waals surface area contributed by atoms with E-state index in [1.165, 1.54) is 6.33 Å². The van der Waals surface area contributed by atoms with Gasteiger partial charge in [0.2, 0.25) is 0 Å². The van der Waals surface area contributed by atoms with Crippen molar-refractivity contribution in [1.29, 1.82) is 0 Å². The summed E-state index contributed by atoms with van der Waals surface area (Å²) in [5.74, 6) is 0. The van der Waals surface area contributed by atoms with Crippen molar-refractivity contribution in [1.82, 2.24) is 19.3 Å². The van der Waals surface area contributed by atoms with E-state index in [4.69, 9.17) is 6.42 Å². The Kier molecular flexibility index (Phi) is 11.8. The minimum absolute atomic E-state index is 1.53. The van der Waals surface area contributed by atoms with Gasteiger partial charge in [-0.25, -0.2) is 4.98 Å². The van der Waals surface area contributed by atoms with Gasteiger partial charge in [0.05, 0.1) is 0 Å². The van der Waals surface area contributed by atoms with E-state index in [9.17, 15) is 4.57 Å². The van der Waals surface area contributed by atoms with Crippen LogP contribution >= 0.6 is 7.44 Å². The van der Waals surface area contributed by atoms with E-state index in [1.807, 2.05) is 27.7 Å². The van der Waals surface area contributed by atoms with Gasteiger partial charge in [-0.2, -0.15) is 0 Å². The van der Waals surface area contributed by atoms with Crippen LogP contribution < -0.4 is 5.32 Å². The lowest BCUT2D eigenvalue weighted by atomic mass is 10.8.